The number of primary sulfonamides is 1. The Bertz CT molecular complexity index is 555. The van der Waals surface area contributed by atoms with Gasteiger partial charge in [-0.3, -0.25) is 0 Å². The quantitative estimate of drug-likeness (QED) is 0.875. The maximum Gasteiger partial charge on any atom is 0.238 e. The van der Waals surface area contributed by atoms with Gasteiger partial charge in [0.05, 0.1) is 18.1 Å². The van der Waals surface area contributed by atoms with Crippen LogP contribution in [0.3, 0.4) is 0 Å². The maximum absolute atomic E-state index is 11.2. The molecule has 1 aromatic carbocycles. The van der Waals surface area contributed by atoms with E-state index in [-0.39, 0.29) is 10.3 Å². The molecule has 0 aromatic heterocycles. The molecule has 0 radical (unpaired) electrons. The van der Waals surface area contributed by atoms with Gasteiger partial charge in [-0.2, -0.15) is 0 Å². The summed E-state index contributed by atoms with van der Waals surface area (Å²) in [5, 5.41) is 8.34. The minimum Gasteiger partial charge on any atom is -0.383 e. The fraction of sp³-hybridized carbons (Fsp3) is 0.455. The summed E-state index contributed by atoms with van der Waals surface area (Å²) in [7, 11) is -3.66. The fourth-order valence-corrected chi connectivity index (χ4v) is 2.89. The Balaban J connectivity index is 2.10. The van der Waals surface area contributed by atoms with Gasteiger partial charge in [0.25, 0.3) is 0 Å². The van der Waals surface area contributed by atoms with Crippen LogP contribution in [0, 0.1) is 5.41 Å². The molecule has 0 aliphatic carbocycles. The Kier molecular flexibility index (Phi) is 3.68. The van der Waals surface area contributed by atoms with Gasteiger partial charge in [-0.25, -0.2) is 13.6 Å². The summed E-state index contributed by atoms with van der Waals surface area (Å²) in [4.78, 5) is 0.0955. The van der Waals surface area contributed by atoms with Crippen LogP contribution in [0.1, 0.15) is 6.92 Å². The highest BCUT2D eigenvalue weighted by Crippen LogP contribution is 2.30. The minimum atomic E-state index is -3.66. The lowest BCUT2D eigenvalue weighted by atomic mass is 9.89. The predicted molar refractivity (Wildman–Crippen MR) is 72.9 cm³/mol. The lowest BCUT2D eigenvalue weighted by Crippen LogP contribution is -2.45. The van der Waals surface area contributed by atoms with Crippen molar-refractivity contribution in [1.29, 1.82) is 0 Å². The van der Waals surface area contributed by atoms with Crippen LogP contribution in [-0.4, -0.2) is 28.2 Å². The molecule has 0 bridgehead atoms. The van der Waals surface area contributed by atoms with Gasteiger partial charge in [0.15, 0.2) is 0 Å². The van der Waals surface area contributed by atoms with Crippen LogP contribution in [0.5, 0.6) is 0 Å². The van der Waals surface area contributed by atoms with Gasteiger partial charge in [0.1, 0.15) is 0 Å². The van der Waals surface area contributed by atoms with Gasteiger partial charge in [-0.05, 0) is 34.1 Å². The summed E-state index contributed by atoms with van der Waals surface area (Å²) in [5.41, 5.74) is 0.994. The van der Waals surface area contributed by atoms with Gasteiger partial charge in [0, 0.05) is 22.1 Å². The summed E-state index contributed by atoms with van der Waals surface area (Å²) in [5.74, 6) is 0. The first-order valence-corrected chi connectivity index (χ1v) is 7.78. The second-order valence-corrected chi connectivity index (χ2v) is 7.26. The molecule has 18 heavy (non-hydrogen) atoms. The molecule has 1 aliphatic rings. The average molecular weight is 335 g/mol. The second-order valence-electron chi connectivity index (χ2n) is 4.84. The normalized spacial score (nSPS) is 18.2. The SMILES string of the molecule is CC1(CNc2ccc(S(N)(=O)=O)cc2Br)COC1. The van der Waals surface area contributed by atoms with Crippen molar-refractivity contribution >= 4 is 31.6 Å². The van der Waals surface area contributed by atoms with E-state index >= 15 is 0 Å². The first-order chi connectivity index (χ1) is 8.30. The van der Waals surface area contributed by atoms with Crippen LogP contribution in [-0.2, 0) is 14.8 Å². The van der Waals surface area contributed by atoms with Crippen LogP contribution in [0.2, 0.25) is 0 Å². The van der Waals surface area contributed by atoms with Crippen LogP contribution in [0.15, 0.2) is 27.6 Å². The molecule has 0 atom stereocenters. The van der Waals surface area contributed by atoms with Crippen molar-refractivity contribution < 1.29 is 13.2 Å². The van der Waals surface area contributed by atoms with E-state index in [4.69, 9.17) is 9.88 Å². The zero-order chi connectivity index (χ0) is 13.4. The summed E-state index contributed by atoms with van der Waals surface area (Å²) >= 11 is 3.33. The summed E-state index contributed by atoms with van der Waals surface area (Å²) in [6.45, 7) is 4.40. The van der Waals surface area contributed by atoms with Crippen molar-refractivity contribution in [3.63, 3.8) is 0 Å². The zero-order valence-electron chi connectivity index (χ0n) is 9.94. The standard InChI is InChI=1S/C11H15BrN2O3S/c1-11(6-17-7-11)5-14-10-3-2-8(4-9(10)12)18(13,15)16/h2-4,14H,5-7H2,1H3,(H2,13,15,16). The van der Waals surface area contributed by atoms with Crippen molar-refractivity contribution in [2.75, 3.05) is 25.1 Å². The van der Waals surface area contributed by atoms with Crippen molar-refractivity contribution in [3.8, 4) is 0 Å². The summed E-state index contributed by atoms with van der Waals surface area (Å²) in [6.07, 6.45) is 0. The number of halogens is 1. The molecule has 3 N–H and O–H groups in total. The number of anilines is 1. The third kappa shape index (κ3) is 3.03. The Morgan fingerprint density at radius 2 is 2.17 bits per heavy atom. The smallest absolute Gasteiger partial charge is 0.238 e. The van der Waals surface area contributed by atoms with Gasteiger partial charge >= 0.3 is 0 Å². The number of rotatable bonds is 4. The number of nitrogens with two attached hydrogens (primary N) is 1. The fourth-order valence-electron chi connectivity index (χ4n) is 1.68. The van der Waals surface area contributed by atoms with Gasteiger partial charge in [0.2, 0.25) is 10.0 Å². The maximum atomic E-state index is 11.2. The Morgan fingerprint density at radius 1 is 1.50 bits per heavy atom. The number of nitrogens with one attached hydrogen (secondary N) is 1. The molecule has 0 unspecified atom stereocenters. The number of ether oxygens (including phenoxy) is 1. The molecule has 100 valence electrons. The molecular weight excluding hydrogens is 320 g/mol. The molecule has 1 aliphatic heterocycles. The van der Waals surface area contributed by atoms with Crippen molar-refractivity contribution in [1.82, 2.24) is 0 Å². The van der Waals surface area contributed by atoms with E-state index < -0.39 is 10.0 Å². The lowest BCUT2D eigenvalue weighted by molar-refractivity contribution is -0.0924. The van der Waals surface area contributed by atoms with E-state index in [9.17, 15) is 8.42 Å². The Hall–Kier alpha value is -0.630. The number of sulfonamides is 1. The number of hydrogen-bond donors (Lipinski definition) is 2. The topological polar surface area (TPSA) is 81.4 Å². The van der Waals surface area contributed by atoms with Crippen LogP contribution in [0.25, 0.3) is 0 Å². The molecular formula is C11H15BrN2O3S. The molecule has 0 amide bonds. The summed E-state index contributed by atoms with van der Waals surface area (Å²) in [6, 6.07) is 4.69. The van der Waals surface area contributed by atoms with E-state index in [0.717, 1.165) is 25.4 Å². The van der Waals surface area contributed by atoms with Crippen LogP contribution >= 0.6 is 15.9 Å². The highest BCUT2D eigenvalue weighted by atomic mass is 79.9. The first kappa shape index (κ1) is 13.8. The Morgan fingerprint density at radius 3 is 2.61 bits per heavy atom. The van der Waals surface area contributed by atoms with Crippen LogP contribution in [0.4, 0.5) is 5.69 Å². The molecule has 5 nitrogen and oxygen atoms in total. The second kappa shape index (κ2) is 4.80. The van der Waals surface area contributed by atoms with Gasteiger partial charge < -0.3 is 10.1 Å². The molecule has 1 fully saturated rings. The number of benzene rings is 1. The first-order valence-electron chi connectivity index (χ1n) is 5.44. The van der Waals surface area contributed by atoms with E-state index in [1.807, 2.05) is 0 Å². The summed E-state index contributed by atoms with van der Waals surface area (Å²) < 4.78 is 28.2. The Labute approximate surface area is 115 Å². The molecule has 1 saturated heterocycles. The van der Waals surface area contributed by atoms with E-state index in [2.05, 4.69) is 28.2 Å². The van der Waals surface area contributed by atoms with Crippen molar-refractivity contribution in [3.05, 3.63) is 22.7 Å². The molecule has 2 rings (SSSR count). The van der Waals surface area contributed by atoms with E-state index in [0.29, 0.717) is 4.47 Å². The molecule has 1 aromatic rings. The van der Waals surface area contributed by atoms with E-state index in [1.54, 1.807) is 6.07 Å². The monoisotopic (exact) mass is 334 g/mol. The van der Waals surface area contributed by atoms with E-state index in [1.165, 1.54) is 12.1 Å². The minimum absolute atomic E-state index is 0.0955. The average Bonchev–Trinajstić information content (AvgIpc) is 2.23. The third-order valence-corrected chi connectivity index (χ3v) is 4.44. The number of hydrogen-bond acceptors (Lipinski definition) is 4. The highest BCUT2D eigenvalue weighted by molar-refractivity contribution is 9.10. The third-order valence-electron chi connectivity index (χ3n) is 2.88. The van der Waals surface area contributed by atoms with Crippen molar-refractivity contribution in [2.45, 2.75) is 11.8 Å². The molecule has 0 spiro atoms. The van der Waals surface area contributed by atoms with Gasteiger partial charge in [-0.15, -0.1) is 0 Å². The van der Waals surface area contributed by atoms with Crippen LogP contribution < -0.4 is 10.5 Å². The lowest BCUT2D eigenvalue weighted by Gasteiger charge is -2.38. The highest BCUT2D eigenvalue weighted by Gasteiger charge is 2.33. The molecule has 7 heteroatoms. The predicted octanol–water partition coefficient (Wildman–Crippen LogP) is 1.54. The molecule has 1 heterocycles. The zero-order valence-corrected chi connectivity index (χ0v) is 12.3. The van der Waals surface area contributed by atoms with Gasteiger partial charge in [-0.1, -0.05) is 6.92 Å². The largest absolute Gasteiger partial charge is 0.383 e. The van der Waals surface area contributed by atoms with Crippen molar-refractivity contribution in [2.24, 2.45) is 10.6 Å². The molecule has 0 saturated carbocycles.